The Bertz CT molecular complexity index is 2780. The lowest BCUT2D eigenvalue weighted by Crippen LogP contribution is -2.06. The number of imidazole rings is 1. The van der Waals surface area contributed by atoms with Gasteiger partial charge in [0, 0.05) is 59.7 Å². The van der Waals surface area contributed by atoms with E-state index < -0.39 is 10.0 Å². The van der Waals surface area contributed by atoms with Crippen molar-refractivity contribution in [3.8, 4) is 5.82 Å². The second-order valence-electron chi connectivity index (χ2n) is 12.3. The summed E-state index contributed by atoms with van der Waals surface area (Å²) < 4.78 is 4.54. The molecule has 0 bridgehead atoms. The van der Waals surface area contributed by atoms with E-state index in [4.69, 9.17) is 9.97 Å². The molecule has 4 aromatic heterocycles. The number of para-hydroxylation sites is 2. The number of hydrogen-bond donors (Lipinski definition) is 0. The third-order valence-corrected chi connectivity index (χ3v) is 13.6. The van der Waals surface area contributed by atoms with Crippen molar-refractivity contribution in [2.75, 3.05) is 0 Å². The van der Waals surface area contributed by atoms with E-state index in [-0.39, 0.29) is 0 Å². The summed E-state index contributed by atoms with van der Waals surface area (Å²) in [6.45, 7) is 0. The summed E-state index contributed by atoms with van der Waals surface area (Å²) in [5.74, 6) is 0.908. The molecule has 0 fully saturated rings. The van der Waals surface area contributed by atoms with Crippen LogP contribution in [0.4, 0.5) is 0 Å². The van der Waals surface area contributed by atoms with Crippen molar-refractivity contribution in [3.05, 3.63) is 182 Å². The molecule has 0 spiro atoms. The van der Waals surface area contributed by atoms with Crippen molar-refractivity contribution in [1.29, 1.82) is 0 Å². The number of hydrogen-bond acceptors (Lipinski definition) is 2. The Morgan fingerprint density at radius 1 is 0.388 bits per heavy atom. The second kappa shape index (κ2) is 10.9. The summed E-state index contributed by atoms with van der Waals surface area (Å²) in [6.07, 6.45) is 5.85. The summed E-state index contributed by atoms with van der Waals surface area (Å²) in [6, 6.07) is 59.7. The summed E-state index contributed by atoms with van der Waals surface area (Å²) in [4.78, 5) is 14.8. The Labute approximate surface area is 284 Å². The average Bonchev–Trinajstić information content (AvgIpc) is 3.80. The molecule has 0 aliphatic carbocycles. The predicted octanol–water partition coefficient (Wildman–Crippen LogP) is 11.5. The van der Waals surface area contributed by atoms with E-state index in [1.165, 1.54) is 41.1 Å². The van der Waals surface area contributed by atoms with Crippen molar-refractivity contribution in [1.82, 2.24) is 18.9 Å². The van der Waals surface area contributed by atoms with Gasteiger partial charge in [0.2, 0.25) is 0 Å². The Morgan fingerprint density at radius 2 is 0.980 bits per heavy atom. The third-order valence-electron chi connectivity index (χ3n) is 9.75. The number of benzene rings is 6. The number of aromatic nitrogens is 4. The van der Waals surface area contributed by atoms with Crippen LogP contribution in [0.2, 0.25) is 0 Å². The van der Waals surface area contributed by atoms with Gasteiger partial charge in [0.15, 0.2) is 0 Å². The average molecular weight is 647 g/mol. The first-order valence-electron chi connectivity index (χ1n) is 16.5. The van der Waals surface area contributed by atoms with Crippen LogP contribution in [0.1, 0.15) is 0 Å². The predicted molar refractivity (Wildman–Crippen MR) is 202 cm³/mol. The molecule has 232 valence electrons. The van der Waals surface area contributed by atoms with E-state index in [0.29, 0.717) is 0 Å². The minimum atomic E-state index is -2.01. The van der Waals surface area contributed by atoms with Gasteiger partial charge < -0.3 is 0 Å². The Kier molecular flexibility index (Phi) is 6.23. The fourth-order valence-corrected chi connectivity index (χ4v) is 11.6. The van der Waals surface area contributed by atoms with Gasteiger partial charge in [-0.3, -0.25) is 8.97 Å². The fraction of sp³-hybridized carbons (Fsp3) is 0. The van der Waals surface area contributed by atoms with Gasteiger partial charge in [-0.15, -0.1) is 10.0 Å². The molecule has 6 aromatic carbocycles. The molecule has 4 heterocycles. The van der Waals surface area contributed by atoms with E-state index in [1.54, 1.807) is 0 Å². The smallest absolute Gasteiger partial charge is 0.145 e. The largest absolute Gasteiger partial charge is 0.299 e. The van der Waals surface area contributed by atoms with Crippen molar-refractivity contribution in [3.63, 3.8) is 0 Å². The molecule has 0 N–H and O–H groups in total. The zero-order valence-corrected chi connectivity index (χ0v) is 27.3. The number of rotatable bonds is 5. The highest BCUT2D eigenvalue weighted by molar-refractivity contribution is 8.34. The van der Waals surface area contributed by atoms with Gasteiger partial charge in [-0.25, -0.2) is 9.97 Å². The molecule has 0 saturated carbocycles. The van der Waals surface area contributed by atoms with Crippen LogP contribution >= 0.6 is 10.0 Å². The lowest BCUT2D eigenvalue weighted by atomic mass is 10.1. The molecule has 10 aromatic rings. The maximum atomic E-state index is 4.91. The molecule has 0 amide bonds. The van der Waals surface area contributed by atoms with E-state index in [1.807, 2.05) is 18.5 Å². The van der Waals surface area contributed by atoms with E-state index in [0.717, 1.165) is 33.4 Å². The quantitative estimate of drug-likeness (QED) is 0.174. The van der Waals surface area contributed by atoms with Crippen LogP contribution in [-0.4, -0.2) is 18.9 Å². The maximum absolute atomic E-state index is 4.91. The van der Waals surface area contributed by atoms with Gasteiger partial charge in [0.1, 0.15) is 11.5 Å². The van der Waals surface area contributed by atoms with Gasteiger partial charge in [-0.2, -0.15) is 0 Å². The zero-order valence-electron chi connectivity index (χ0n) is 26.5. The molecule has 4 nitrogen and oxygen atoms in total. The molecule has 0 unspecified atom stereocenters. The molecule has 10 rings (SSSR count). The van der Waals surface area contributed by atoms with Crippen LogP contribution in [0.15, 0.2) is 202 Å². The summed E-state index contributed by atoms with van der Waals surface area (Å²) in [5.41, 5.74) is 4.42. The van der Waals surface area contributed by atoms with Crippen LogP contribution < -0.4 is 0 Å². The lowest BCUT2D eigenvalue weighted by Gasteiger charge is -2.42. The van der Waals surface area contributed by atoms with Crippen molar-refractivity contribution < 1.29 is 0 Å². The zero-order chi connectivity index (χ0) is 32.4. The SMILES string of the molecule is c1ccc(S(c2ccccc2)(c2ccc3c4ccccc4n4ccnc4c3c2)c2ccc3c4ccccc4n(-c4ccccn4)c3c2)cc1. The number of pyridine rings is 2. The normalized spacial score (nSPS) is 12.4. The molecular formula is C44H30N4S. The van der Waals surface area contributed by atoms with Gasteiger partial charge >= 0.3 is 0 Å². The van der Waals surface area contributed by atoms with Crippen molar-refractivity contribution >= 4 is 59.2 Å². The number of nitrogens with zero attached hydrogens (tertiary/aromatic N) is 4. The standard InChI is InChI=1S/C44H30N4S/c1-3-13-31(14-4-1)49(32-15-5-2-6-16-32,33-22-24-35-36-17-7-9-19-40(36)47-28-27-46-44(47)39(35)29-33)34-23-25-38-37-18-8-10-20-41(37)48(42(38)30-34)43-21-11-12-26-45-43/h1-30H. The minimum Gasteiger partial charge on any atom is -0.299 e. The van der Waals surface area contributed by atoms with E-state index >= 15 is 0 Å². The molecule has 0 atom stereocenters. The van der Waals surface area contributed by atoms with Crippen LogP contribution in [0.3, 0.4) is 0 Å². The molecule has 0 saturated heterocycles. The summed E-state index contributed by atoms with van der Waals surface area (Å²) in [5, 5.41) is 6.00. The molecule has 0 radical (unpaired) electrons. The maximum Gasteiger partial charge on any atom is 0.145 e. The Balaban J connectivity index is 1.36. The first-order valence-corrected chi connectivity index (χ1v) is 18.1. The van der Waals surface area contributed by atoms with Gasteiger partial charge in [0.25, 0.3) is 0 Å². The van der Waals surface area contributed by atoms with E-state index in [9.17, 15) is 0 Å². The molecular weight excluding hydrogens is 617 g/mol. The number of fused-ring (bicyclic) bond motifs is 9. The van der Waals surface area contributed by atoms with Gasteiger partial charge in [-0.1, -0.05) is 91.0 Å². The summed E-state index contributed by atoms with van der Waals surface area (Å²) in [7, 11) is -2.01. The third kappa shape index (κ3) is 4.06. The van der Waals surface area contributed by atoms with Crippen LogP contribution in [-0.2, 0) is 0 Å². The molecule has 49 heavy (non-hydrogen) atoms. The second-order valence-corrected chi connectivity index (χ2v) is 15.4. The fourth-order valence-electron chi connectivity index (χ4n) is 7.68. The van der Waals surface area contributed by atoms with Gasteiger partial charge in [0.05, 0.1) is 16.6 Å². The first-order chi connectivity index (χ1) is 24.3. The van der Waals surface area contributed by atoms with Gasteiger partial charge in [-0.05, 0) is 78.2 Å². The van der Waals surface area contributed by atoms with E-state index in [2.05, 4.69) is 173 Å². The highest BCUT2D eigenvalue weighted by Crippen LogP contribution is 2.74. The highest BCUT2D eigenvalue weighted by atomic mass is 32.3. The van der Waals surface area contributed by atoms with Crippen LogP contribution in [0.5, 0.6) is 0 Å². The molecule has 5 heteroatoms. The molecule has 0 aliphatic heterocycles. The monoisotopic (exact) mass is 646 g/mol. The lowest BCUT2D eigenvalue weighted by molar-refractivity contribution is 1.08. The van der Waals surface area contributed by atoms with Crippen molar-refractivity contribution in [2.45, 2.75) is 19.6 Å². The highest BCUT2D eigenvalue weighted by Gasteiger charge is 2.34. The topological polar surface area (TPSA) is 35.1 Å². The summed E-state index contributed by atoms with van der Waals surface area (Å²) >= 11 is 0. The Hall–Kier alpha value is -6.17. The first kappa shape index (κ1) is 27.9. The minimum absolute atomic E-state index is 0.908. The Morgan fingerprint density at radius 3 is 1.69 bits per heavy atom. The molecule has 0 aliphatic rings. The van der Waals surface area contributed by atoms with Crippen molar-refractivity contribution in [2.24, 2.45) is 0 Å². The van der Waals surface area contributed by atoms with Crippen LogP contribution in [0.25, 0.3) is 54.9 Å². The van der Waals surface area contributed by atoms with Crippen LogP contribution in [0, 0.1) is 0 Å².